The lowest BCUT2D eigenvalue weighted by molar-refractivity contribution is 0.0978. The average Bonchev–Trinajstić information content (AvgIpc) is 3.01. The van der Waals surface area contributed by atoms with Gasteiger partial charge in [-0.05, 0) is 28.3 Å². The standard InChI is InChI=1S/C23H17BrO/c24-22-13-7-6-12-20(22)21-14-17(18-10-4-5-11-19(18)21)15-23(25)16-8-2-1-3-9-16/h1-14,17H,15H2/t17-/m1/s1. The molecule has 1 nitrogen and oxygen atoms in total. The lowest BCUT2D eigenvalue weighted by Gasteiger charge is -2.10. The second-order valence-corrected chi connectivity index (χ2v) is 7.10. The SMILES string of the molecule is O=C(C[C@H]1C=C(c2ccccc2Br)c2ccccc21)c1ccccc1. The van der Waals surface area contributed by atoms with Crippen LogP contribution in [-0.4, -0.2) is 5.78 Å². The quantitative estimate of drug-likeness (QED) is 0.482. The normalized spacial score (nSPS) is 15.6. The van der Waals surface area contributed by atoms with Crippen molar-refractivity contribution in [2.75, 3.05) is 0 Å². The van der Waals surface area contributed by atoms with Crippen molar-refractivity contribution in [3.8, 4) is 0 Å². The zero-order chi connectivity index (χ0) is 17.2. The molecule has 3 aromatic rings. The Hall–Kier alpha value is -2.45. The van der Waals surface area contributed by atoms with Crippen LogP contribution in [0.3, 0.4) is 0 Å². The van der Waals surface area contributed by atoms with E-state index in [0.717, 1.165) is 10.0 Å². The van der Waals surface area contributed by atoms with Crippen molar-refractivity contribution in [1.29, 1.82) is 0 Å². The summed E-state index contributed by atoms with van der Waals surface area (Å²) in [6.07, 6.45) is 2.74. The van der Waals surface area contributed by atoms with Crippen molar-refractivity contribution < 1.29 is 4.79 Å². The third-order valence-corrected chi connectivity index (χ3v) is 5.37. The van der Waals surface area contributed by atoms with Gasteiger partial charge in [0, 0.05) is 22.4 Å². The minimum absolute atomic E-state index is 0.117. The van der Waals surface area contributed by atoms with Crippen LogP contribution in [0.4, 0.5) is 0 Å². The van der Waals surface area contributed by atoms with Crippen molar-refractivity contribution >= 4 is 27.3 Å². The van der Waals surface area contributed by atoms with E-state index in [0.29, 0.717) is 6.42 Å². The summed E-state index contributed by atoms with van der Waals surface area (Å²) in [7, 11) is 0. The third kappa shape index (κ3) is 3.10. The van der Waals surface area contributed by atoms with Crippen LogP contribution in [0.2, 0.25) is 0 Å². The fourth-order valence-electron chi connectivity index (χ4n) is 3.47. The maximum atomic E-state index is 12.7. The molecular weight excluding hydrogens is 372 g/mol. The Morgan fingerprint density at radius 3 is 2.20 bits per heavy atom. The minimum Gasteiger partial charge on any atom is -0.294 e. The molecule has 0 heterocycles. The van der Waals surface area contributed by atoms with Crippen LogP contribution in [-0.2, 0) is 0 Å². The molecule has 1 aliphatic rings. The van der Waals surface area contributed by atoms with E-state index in [9.17, 15) is 4.79 Å². The van der Waals surface area contributed by atoms with Gasteiger partial charge in [-0.1, -0.05) is 94.8 Å². The molecule has 1 atom stereocenters. The predicted molar refractivity (Wildman–Crippen MR) is 106 cm³/mol. The number of carbonyl (C=O) groups is 1. The highest BCUT2D eigenvalue weighted by Gasteiger charge is 2.26. The van der Waals surface area contributed by atoms with Gasteiger partial charge in [-0.3, -0.25) is 4.79 Å². The number of allylic oxidation sites excluding steroid dienone is 1. The third-order valence-electron chi connectivity index (χ3n) is 4.68. The molecule has 0 aromatic heterocycles. The number of hydrogen-bond acceptors (Lipinski definition) is 1. The highest BCUT2D eigenvalue weighted by atomic mass is 79.9. The Kier molecular flexibility index (Phi) is 4.37. The molecule has 0 spiro atoms. The van der Waals surface area contributed by atoms with Crippen LogP contribution in [0.15, 0.2) is 89.4 Å². The van der Waals surface area contributed by atoms with E-state index in [1.54, 1.807) is 0 Å². The van der Waals surface area contributed by atoms with Crippen LogP contribution in [0.25, 0.3) is 5.57 Å². The van der Waals surface area contributed by atoms with Gasteiger partial charge in [-0.2, -0.15) is 0 Å². The Morgan fingerprint density at radius 1 is 0.800 bits per heavy atom. The first-order valence-electron chi connectivity index (χ1n) is 8.38. The summed E-state index contributed by atoms with van der Waals surface area (Å²) in [6, 6.07) is 26.2. The highest BCUT2D eigenvalue weighted by Crippen LogP contribution is 2.43. The molecule has 122 valence electrons. The van der Waals surface area contributed by atoms with E-state index in [1.807, 2.05) is 42.5 Å². The molecule has 25 heavy (non-hydrogen) atoms. The largest absolute Gasteiger partial charge is 0.294 e. The van der Waals surface area contributed by atoms with Crippen molar-refractivity contribution in [3.05, 3.63) is 112 Å². The van der Waals surface area contributed by atoms with Gasteiger partial charge in [0.25, 0.3) is 0 Å². The summed E-state index contributed by atoms with van der Waals surface area (Å²) in [4.78, 5) is 12.7. The molecule has 0 saturated heterocycles. The lowest BCUT2D eigenvalue weighted by Crippen LogP contribution is -2.04. The van der Waals surface area contributed by atoms with Crippen molar-refractivity contribution in [1.82, 2.24) is 0 Å². The number of hydrogen-bond donors (Lipinski definition) is 0. The van der Waals surface area contributed by atoms with Crippen LogP contribution in [0, 0.1) is 0 Å². The van der Waals surface area contributed by atoms with E-state index in [-0.39, 0.29) is 11.7 Å². The Labute approximate surface area is 156 Å². The smallest absolute Gasteiger partial charge is 0.163 e. The van der Waals surface area contributed by atoms with Crippen LogP contribution >= 0.6 is 15.9 Å². The van der Waals surface area contributed by atoms with Crippen LogP contribution in [0.5, 0.6) is 0 Å². The molecule has 0 amide bonds. The number of benzene rings is 3. The summed E-state index contributed by atoms with van der Waals surface area (Å²) < 4.78 is 1.08. The van der Waals surface area contributed by atoms with Gasteiger partial charge >= 0.3 is 0 Å². The van der Waals surface area contributed by atoms with Gasteiger partial charge in [0.15, 0.2) is 5.78 Å². The van der Waals surface area contributed by atoms with Crippen molar-refractivity contribution in [3.63, 3.8) is 0 Å². The van der Waals surface area contributed by atoms with E-state index in [4.69, 9.17) is 0 Å². The number of carbonyl (C=O) groups excluding carboxylic acids is 1. The number of ketones is 1. The Balaban J connectivity index is 1.72. The topological polar surface area (TPSA) is 17.1 Å². The molecule has 0 unspecified atom stereocenters. The molecule has 0 aliphatic heterocycles. The monoisotopic (exact) mass is 388 g/mol. The molecule has 0 bridgehead atoms. The molecule has 2 heteroatoms. The first-order chi connectivity index (χ1) is 12.2. The summed E-state index contributed by atoms with van der Waals surface area (Å²) in [5.41, 5.74) is 5.61. The van der Waals surface area contributed by atoms with Gasteiger partial charge in [0.05, 0.1) is 0 Å². The lowest BCUT2D eigenvalue weighted by atomic mass is 9.93. The molecule has 1 aliphatic carbocycles. The second kappa shape index (κ2) is 6.81. The Bertz CT molecular complexity index is 957. The molecule has 0 radical (unpaired) electrons. The molecular formula is C23H17BrO. The Morgan fingerprint density at radius 2 is 1.44 bits per heavy atom. The van der Waals surface area contributed by atoms with E-state index in [2.05, 4.69) is 58.4 Å². The van der Waals surface area contributed by atoms with E-state index in [1.165, 1.54) is 22.3 Å². The summed E-state index contributed by atoms with van der Waals surface area (Å²) in [5.74, 6) is 0.302. The first-order valence-corrected chi connectivity index (χ1v) is 9.17. The summed E-state index contributed by atoms with van der Waals surface area (Å²) >= 11 is 3.66. The number of Topliss-reactive ketones (excluding diaryl/α,β-unsaturated/α-hetero) is 1. The maximum absolute atomic E-state index is 12.7. The average molecular weight is 389 g/mol. The second-order valence-electron chi connectivity index (χ2n) is 6.25. The highest BCUT2D eigenvalue weighted by molar-refractivity contribution is 9.10. The fourth-order valence-corrected chi connectivity index (χ4v) is 3.97. The van der Waals surface area contributed by atoms with Crippen molar-refractivity contribution in [2.24, 2.45) is 0 Å². The van der Waals surface area contributed by atoms with E-state index >= 15 is 0 Å². The zero-order valence-electron chi connectivity index (χ0n) is 13.7. The zero-order valence-corrected chi connectivity index (χ0v) is 15.2. The van der Waals surface area contributed by atoms with Gasteiger partial charge in [0.2, 0.25) is 0 Å². The summed E-state index contributed by atoms with van der Waals surface area (Å²) in [6.45, 7) is 0. The van der Waals surface area contributed by atoms with Crippen LogP contribution < -0.4 is 0 Å². The van der Waals surface area contributed by atoms with Crippen molar-refractivity contribution in [2.45, 2.75) is 12.3 Å². The molecule has 4 rings (SSSR count). The molecule has 0 saturated carbocycles. The van der Waals surface area contributed by atoms with E-state index < -0.39 is 0 Å². The molecule has 0 fully saturated rings. The number of rotatable bonds is 4. The van der Waals surface area contributed by atoms with Gasteiger partial charge in [-0.25, -0.2) is 0 Å². The number of halogens is 1. The minimum atomic E-state index is 0.117. The van der Waals surface area contributed by atoms with Crippen LogP contribution in [0.1, 0.15) is 39.4 Å². The summed E-state index contributed by atoms with van der Waals surface area (Å²) in [5, 5.41) is 0. The van der Waals surface area contributed by atoms with Gasteiger partial charge in [0.1, 0.15) is 0 Å². The predicted octanol–water partition coefficient (Wildman–Crippen LogP) is 6.25. The molecule has 0 N–H and O–H groups in total. The van der Waals surface area contributed by atoms with Gasteiger partial charge in [-0.15, -0.1) is 0 Å². The fraction of sp³-hybridized carbons (Fsp3) is 0.0870. The first kappa shape index (κ1) is 16.0. The van der Waals surface area contributed by atoms with Gasteiger partial charge < -0.3 is 0 Å². The number of fused-ring (bicyclic) bond motifs is 1. The maximum Gasteiger partial charge on any atom is 0.163 e. The molecule has 3 aromatic carbocycles.